The highest BCUT2D eigenvalue weighted by atomic mass is 79.9. The van der Waals surface area contributed by atoms with Crippen LogP contribution in [-0.2, 0) is 6.54 Å². The predicted molar refractivity (Wildman–Crippen MR) is 73.1 cm³/mol. The Hall–Kier alpha value is -1.47. The zero-order valence-corrected chi connectivity index (χ0v) is 11.9. The van der Waals surface area contributed by atoms with E-state index in [1.807, 2.05) is 11.4 Å². The van der Waals surface area contributed by atoms with E-state index in [-0.39, 0.29) is 5.56 Å². The van der Waals surface area contributed by atoms with E-state index in [1.54, 1.807) is 23.3 Å². The number of rotatable bonds is 4. The lowest BCUT2D eigenvalue weighted by atomic mass is 10.2. The Kier molecular flexibility index (Phi) is 3.93. The monoisotopic (exact) mass is 327 g/mol. The molecular weight excluding hydrogens is 318 g/mol. The number of carboxylic acids is 1. The second-order valence-electron chi connectivity index (χ2n) is 3.66. The average molecular weight is 328 g/mol. The van der Waals surface area contributed by atoms with Gasteiger partial charge in [-0.3, -0.25) is 0 Å². The van der Waals surface area contributed by atoms with Crippen LogP contribution in [0.25, 0.3) is 0 Å². The predicted octanol–water partition coefficient (Wildman–Crippen LogP) is 2.64. The average Bonchev–Trinajstić information content (AvgIpc) is 2.74. The summed E-state index contributed by atoms with van der Waals surface area (Å²) in [6.07, 6.45) is 1.38. The molecule has 0 radical (unpaired) electrons. The van der Waals surface area contributed by atoms with E-state index in [0.29, 0.717) is 12.4 Å². The minimum absolute atomic E-state index is 0.156. The lowest BCUT2D eigenvalue weighted by Gasteiger charge is -2.17. The van der Waals surface area contributed by atoms with Crippen LogP contribution in [-0.4, -0.2) is 28.3 Å². The van der Waals surface area contributed by atoms with Gasteiger partial charge in [-0.05, 0) is 28.1 Å². The molecule has 0 aliphatic rings. The van der Waals surface area contributed by atoms with Crippen molar-refractivity contribution < 1.29 is 9.90 Å². The number of nitrogens with zero attached hydrogens (tertiary/aromatic N) is 3. The van der Waals surface area contributed by atoms with Crippen molar-refractivity contribution in [1.82, 2.24) is 10.2 Å². The first kappa shape index (κ1) is 13.0. The van der Waals surface area contributed by atoms with Gasteiger partial charge in [0.05, 0.1) is 12.7 Å². The lowest BCUT2D eigenvalue weighted by molar-refractivity contribution is 0.0697. The number of aromatic carboxylic acids is 1. The Balaban J connectivity index is 2.23. The summed E-state index contributed by atoms with van der Waals surface area (Å²) >= 11 is 4.99. The fourth-order valence-corrected chi connectivity index (χ4v) is 3.02. The molecule has 2 aromatic rings. The number of hydrogen-bond donors (Lipinski definition) is 1. The number of anilines is 1. The smallest absolute Gasteiger partial charge is 0.339 e. The molecule has 94 valence electrons. The van der Waals surface area contributed by atoms with Gasteiger partial charge in [0.2, 0.25) is 0 Å². The molecule has 0 aromatic carbocycles. The first-order chi connectivity index (χ1) is 8.58. The highest BCUT2D eigenvalue weighted by molar-refractivity contribution is 9.10. The van der Waals surface area contributed by atoms with E-state index < -0.39 is 5.97 Å². The minimum Gasteiger partial charge on any atom is -0.478 e. The molecule has 0 aliphatic heterocycles. The van der Waals surface area contributed by atoms with E-state index in [0.717, 1.165) is 9.35 Å². The molecule has 0 saturated carbocycles. The van der Waals surface area contributed by atoms with Crippen molar-refractivity contribution in [2.45, 2.75) is 6.54 Å². The fraction of sp³-hybridized carbons (Fsp3) is 0.182. The van der Waals surface area contributed by atoms with Gasteiger partial charge in [-0.25, -0.2) is 4.79 Å². The summed E-state index contributed by atoms with van der Waals surface area (Å²) in [5.74, 6) is -0.631. The van der Waals surface area contributed by atoms with Gasteiger partial charge in [0, 0.05) is 21.8 Å². The van der Waals surface area contributed by atoms with Crippen LogP contribution in [0, 0.1) is 0 Å². The summed E-state index contributed by atoms with van der Waals surface area (Å²) in [5, 5.41) is 18.7. The van der Waals surface area contributed by atoms with Crippen molar-refractivity contribution in [2.75, 3.05) is 11.9 Å². The highest BCUT2D eigenvalue weighted by Crippen LogP contribution is 2.23. The Morgan fingerprint density at radius 2 is 2.39 bits per heavy atom. The number of carbonyl (C=O) groups is 1. The number of hydrogen-bond acceptors (Lipinski definition) is 5. The largest absolute Gasteiger partial charge is 0.478 e. The van der Waals surface area contributed by atoms with Crippen LogP contribution in [0.1, 0.15) is 15.2 Å². The first-order valence-electron chi connectivity index (χ1n) is 5.07. The van der Waals surface area contributed by atoms with Gasteiger partial charge in [-0.15, -0.1) is 16.4 Å². The molecule has 0 unspecified atom stereocenters. The van der Waals surface area contributed by atoms with Crippen molar-refractivity contribution in [2.24, 2.45) is 0 Å². The van der Waals surface area contributed by atoms with Crippen LogP contribution in [0.3, 0.4) is 0 Å². The quantitative estimate of drug-likeness (QED) is 0.935. The normalized spacial score (nSPS) is 10.3. The lowest BCUT2D eigenvalue weighted by Crippen LogP contribution is -2.20. The number of aromatic nitrogens is 2. The topological polar surface area (TPSA) is 66.3 Å². The molecule has 7 heteroatoms. The highest BCUT2D eigenvalue weighted by Gasteiger charge is 2.15. The molecule has 2 heterocycles. The number of halogens is 1. The Morgan fingerprint density at radius 3 is 3.00 bits per heavy atom. The fourth-order valence-electron chi connectivity index (χ4n) is 1.52. The van der Waals surface area contributed by atoms with E-state index in [9.17, 15) is 4.79 Å². The third kappa shape index (κ3) is 2.85. The van der Waals surface area contributed by atoms with E-state index >= 15 is 0 Å². The molecule has 0 bridgehead atoms. The Bertz CT molecular complexity index is 573. The summed E-state index contributed by atoms with van der Waals surface area (Å²) in [6.45, 7) is 0.592. The van der Waals surface area contributed by atoms with Gasteiger partial charge in [0.15, 0.2) is 5.82 Å². The van der Waals surface area contributed by atoms with Crippen LogP contribution in [0.2, 0.25) is 0 Å². The molecule has 1 N–H and O–H groups in total. The maximum absolute atomic E-state index is 11.1. The molecule has 0 spiro atoms. The van der Waals surface area contributed by atoms with Gasteiger partial charge >= 0.3 is 5.97 Å². The van der Waals surface area contributed by atoms with Gasteiger partial charge < -0.3 is 10.0 Å². The van der Waals surface area contributed by atoms with E-state index in [1.165, 1.54) is 12.3 Å². The van der Waals surface area contributed by atoms with Crippen LogP contribution in [0.5, 0.6) is 0 Å². The molecule has 0 saturated heterocycles. The van der Waals surface area contributed by atoms with Crippen LogP contribution in [0.15, 0.2) is 28.2 Å². The van der Waals surface area contributed by atoms with E-state index in [4.69, 9.17) is 5.11 Å². The SMILES string of the molecule is CN(Cc1cc(Br)cs1)c1nnccc1C(=O)O. The van der Waals surface area contributed by atoms with Crippen molar-refractivity contribution >= 4 is 39.1 Å². The van der Waals surface area contributed by atoms with Crippen molar-refractivity contribution in [3.63, 3.8) is 0 Å². The molecule has 5 nitrogen and oxygen atoms in total. The number of carboxylic acid groups (broad SMARTS) is 1. The van der Waals surface area contributed by atoms with Gasteiger partial charge in [0.25, 0.3) is 0 Å². The summed E-state index contributed by atoms with van der Waals surface area (Å²) in [5.41, 5.74) is 0.156. The standard InChI is InChI=1S/C11H10BrN3O2S/c1-15(5-8-4-7(12)6-18-8)10-9(11(16)17)2-3-13-14-10/h2-4,6H,5H2,1H3,(H,16,17). The van der Waals surface area contributed by atoms with Crippen molar-refractivity contribution in [3.8, 4) is 0 Å². The molecule has 0 atom stereocenters. The molecule has 2 rings (SSSR count). The zero-order chi connectivity index (χ0) is 13.1. The van der Waals surface area contributed by atoms with Crippen LogP contribution < -0.4 is 4.90 Å². The van der Waals surface area contributed by atoms with Crippen molar-refractivity contribution in [1.29, 1.82) is 0 Å². The second-order valence-corrected chi connectivity index (χ2v) is 5.57. The summed E-state index contributed by atoms with van der Waals surface area (Å²) < 4.78 is 1.02. The number of thiophene rings is 1. The Labute approximate surface area is 116 Å². The van der Waals surface area contributed by atoms with E-state index in [2.05, 4.69) is 26.1 Å². The maximum Gasteiger partial charge on any atom is 0.339 e. The Morgan fingerprint density at radius 1 is 1.61 bits per heavy atom. The molecule has 0 fully saturated rings. The summed E-state index contributed by atoms with van der Waals surface area (Å²) in [4.78, 5) is 14.0. The maximum atomic E-state index is 11.1. The van der Waals surface area contributed by atoms with Crippen LogP contribution in [0.4, 0.5) is 5.82 Å². The third-order valence-electron chi connectivity index (χ3n) is 2.31. The molecule has 2 aromatic heterocycles. The third-order valence-corrected chi connectivity index (χ3v) is 3.99. The molecule has 0 amide bonds. The van der Waals surface area contributed by atoms with Gasteiger partial charge in [0.1, 0.15) is 5.56 Å². The molecule has 18 heavy (non-hydrogen) atoms. The van der Waals surface area contributed by atoms with Gasteiger partial charge in [-0.1, -0.05) is 0 Å². The van der Waals surface area contributed by atoms with Crippen LogP contribution >= 0.6 is 27.3 Å². The first-order valence-corrected chi connectivity index (χ1v) is 6.74. The summed E-state index contributed by atoms with van der Waals surface area (Å²) in [6, 6.07) is 3.45. The second kappa shape index (κ2) is 5.45. The zero-order valence-electron chi connectivity index (χ0n) is 9.50. The molecule has 0 aliphatic carbocycles. The minimum atomic E-state index is -1.00. The van der Waals surface area contributed by atoms with Crippen molar-refractivity contribution in [3.05, 3.63) is 38.6 Å². The van der Waals surface area contributed by atoms with Gasteiger partial charge in [-0.2, -0.15) is 5.10 Å². The summed E-state index contributed by atoms with van der Waals surface area (Å²) in [7, 11) is 1.80. The molecular formula is C11H10BrN3O2S.